The number of benzene rings is 1. The van der Waals surface area contributed by atoms with Gasteiger partial charge in [-0.25, -0.2) is 0 Å². The molecule has 0 amide bonds. The summed E-state index contributed by atoms with van der Waals surface area (Å²) in [6.07, 6.45) is 17.1. The fourth-order valence-corrected chi connectivity index (χ4v) is 6.07. The van der Waals surface area contributed by atoms with Crippen LogP contribution in [0.2, 0.25) is 0 Å². The molecule has 3 aliphatic rings. The fourth-order valence-electron chi connectivity index (χ4n) is 6.07. The monoisotopic (exact) mass is 446 g/mol. The first kappa shape index (κ1) is 23.6. The van der Waals surface area contributed by atoms with Crippen LogP contribution in [-0.4, -0.2) is 13.2 Å². The summed E-state index contributed by atoms with van der Waals surface area (Å²) in [7, 11) is 0. The number of rotatable bonds is 8. The second-order valence-corrected chi connectivity index (χ2v) is 10.5. The third kappa shape index (κ3) is 5.66. The van der Waals surface area contributed by atoms with E-state index < -0.39 is 11.6 Å². The Labute approximate surface area is 192 Å². The zero-order valence-corrected chi connectivity index (χ0v) is 19.9. The summed E-state index contributed by atoms with van der Waals surface area (Å²) in [5.74, 6) is 1.22. The predicted molar refractivity (Wildman–Crippen MR) is 125 cm³/mol. The van der Waals surface area contributed by atoms with Gasteiger partial charge in [0.2, 0.25) is 11.6 Å². The zero-order valence-electron chi connectivity index (χ0n) is 19.9. The van der Waals surface area contributed by atoms with Crippen molar-refractivity contribution in [2.45, 2.75) is 90.9 Å². The Bertz CT molecular complexity index is 789. The molecule has 0 N–H and O–H groups in total. The number of hydrogen-bond donors (Lipinski definition) is 0. The van der Waals surface area contributed by atoms with E-state index in [1.807, 2.05) is 0 Å². The maximum absolute atomic E-state index is 14.7. The Balaban J connectivity index is 1.29. The lowest BCUT2D eigenvalue weighted by Gasteiger charge is -2.35. The van der Waals surface area contributed by atoms with Crippen molar-refractivity contribution in [3.63, 3.8) is 0 Å². The minimum atomic E-state index is -0.927. The van der Waals surface area contributed by atoms with Crippen LogP contribution in [0.25, 0.3) is 0 Å². The van der Waals surface area contributed by atoms with Gasteiger partial charge in [-0.1, -0.05) is 45.1 Å². The Morgan fingerprint density at radius 2 is 1.62 bits per heavy atom. The zero-order chi connectivity index (χ0) is 22.5. The first-order valence-electron chi connectivity index (χ1n) is 13.0. The lowest BCUT2D eigenvalue weighted by molar-refractivity contribution is 0.187. The van der Waals surface area contributed by atoms with Crippen LogP contribution < -0.4 is 9.47 Å². The minimum Gasteiger partial charge on any atom is -0.490 e. The molecule has 1 unspecified atom stereocenters. The van der Waals surface area contributed by atoms with Gasteiger partial charge in [0.25, 0.3) is 0 Å². The predicted octanol–water partition coefficient (Wildman–Crippen LogP) is 8.16. The lowest BCUT2D eigenvalue weighted by atomic mass is 9.71. The quantitative estimate of drug-likeness (QED) is 0.375. The summed E-state index contributed by atoms with van der Waals surface area (Å²) in [5, 5.41) is 0. The number of allylic oxidation sites excluding steroid dienone is 1. The largest absolute Gasteiger partial charge is 0.490 e. The van der Waals surface area contributed by atoms with E-state index in [0.29, 0.717) is 24.7 Å². The molecule has 2 fully saturated rings. The van der Waals surface area contributed by atoms with Crippen molar-refractivity contribution in [3.05, 3.63) is 34.9 Å². The summed E-state index contributed by atoms with van der Waals surface area (Å²) in [6, 6.07) is 1.58. The SMILES string of the molecule is CCC1CCC(C2CC=C(COc3c(C)cc(OCC4CCCC4)c(F)c3F)CC2)CC1. The van der Waals surface area contributed by atoms with Gasteiger partial charge >= 0.3 is 0 Å². The molecule has 4 heteroatoms. The molecule has 3 aliphatic carbocycles. The molecule has 0 aliphatic heterocycles. The highest BCUT2D eigenvalue weighted by Crippen LogP contribution is 2.40. The Kier molecular flexibility index (Phi) is 8.12. The van der Waals surface area contributed by atoms with Crippen LogP contribution in [0.3, 0.4) is 0 Å². The van der Waals surface area contributed by atoms with Crippen LogP contribution in [0.15, 0.2) is 17.7 Å². The summed E-state index contributed by atoms with van der Waals surface area (Å²) < 4.78 is 40.8. The van der Waals surface area contributed by atoms with Gasteiger partial charge in [0.15, 0.2) is 11.5 Å². The van der Waals surface area contributed by atoms with Crippen LogP contribution in [0.5, 0.6) is 11.5 Å². The molecular weight excluding hydrogens is 406 g/mol. The molecule has 0 radical (unpaired) electrons. The molecule has 1 aromatic carbocycles. The molecule has 4 rings (SSSR count). The van der Waals surface area contributed by atoms with Gasteiger partial charge in [0.1, 0.15) is 6.61 Å². The van der Waals surface area contributed by atoms with E-state index in [0.717, 1.165) is 43.4 Å². The Morgan fingerprint density at radius 1 is 0.875 bits per heavy atom. The highest BCUT2D eigenvalue weighted by atomic mass is 19.2. The molecule has 0 spiro atoms. The van der Waals surface area contributed by atoms with Crippen molar-refractivity contribution in [2.75, 3.05) is 13.2 Å². The van der Waals surface area contributed by atoms with Gasteiger partial charge in [-0.2, -0.15) is 8.78 Å². The van der Waals surface area contributed by atoms with E-state index in [1.165, 1.54) is 56.9 Å². The smallest absolute Gasteiger partial charge is 0.204 e. The van der Waals surface area contributed by atoms with E-state index in [1.54, 1.807) is 13.0 Å². The molecule has 2 saturated carbocycles. The average Bonchev–Trinajstić information content (AvgIpc) is 3.35. The summed E-state index contributed by atoms with van der Waals surface area (Å²) >= 11 is 0. The number of aryl methyl sites for hydroxylation is 1. The average molecular weight is 447 g/mol. The van der Waals surface area contributed by atoms with E-state index in [4.69, 9.17) is 9.47 Å². The molecule has 0 heterocycles. The van der Waals surface area contributed by atoms with Crippen LogP contribution >= 0.6 is 0 Å². The lowest BCUT2D eigenvalue weighted by Crippen LogP contribution is -2.23. The van der Waals surface area contributed by atoms with Crippen LogP contribution in [0.1, 0.15) is 89.5 Å². The van der Waals surface area contributed by atoms with Crippen molar-refractivity contribution in [2.24, 2.45) is 23.7 Å². The molecule has 178 valence electrons. The molecule has 1 aromatic rings. The van der Waals surface area contributed by atoms with Crippen LogP contribution in [0, 0.1) is 42.2 Å². The summed E-state index contributed by atoms with van der Waals surface area (Å²) in [4.78, 5) is 0. The first-order chi connectivity index (χ1) is 15.5. The van der Waals surface area contributed by atoms with E-state index in [2.05, 4.69) is 13.0 Å². The van der Waals surface area contributed by atoms with Gasteiger partial charge in [-0.15, -0.1) is 0 Å². The molecule has 0 aromatic heterocycles. The van der Waals surface area contributed by atoms with Crippen molar-refractivity contribution >= 4 is 0 Å². The van der Waals surface area contributed by atoms with Crippen molar-refractivity contribution in [3.8, 4) is 11.5 Å². The molecule has 1 atom stereocenters. The third-order valence-electron chi connectivity index (χ3n) is 8.35. The second kappa shape index (κ2) is 11.0. The minimum absolute atomic E-state index is 0.0109. The van der Waals surface area contributed by atoms with Gasteiger partial charge in [-0.05, 0) is 92.7 Å². The van der Waals surface area contributed by atoms with Gasteiger partial charge in [0.05, 0.1) is 6.61 Å². The van der Waals surface area contributed by atoms with Crippen molar-refractivity contribution in [1.82, 2.24) is 0 Å². The summed E-state index contributed by atoms with van der Waals surface area (Å²) in [6.45, 7) is 4.88. The van der Waals surface area contributed by atoms with E-state index in [-0.39, 0.29) is 11.5 Å². The standard InChI is InChI=1S/C28H40F2O2/c1-3-20-8-12-23(13-9-20)24-14-10-22(11-15-24)18-32-28-19(2)16-25(26(29)27(28)30)31-17-21-6-4-5-7-21/h10,16,20-21,23-24H,3-9,11-15,17-18H2,1-2H3. The molecule has 0 saturated heterocycles. The van der Waals surface area contributed by atoms with Gasteiger partial charge in [0, 0.05) is 0 Å². The molecule has 2 nitrogen and oxygen atoms in total. The molecule has 32 heavy (non-hydrogen) atoms. The van der Waals surface area contributed by atoms with Crippen molar-refractivity contribution < 1.29 is 18.3 Å². The first-order valence-corrected chi connectivity index (χ1v) is 13.0. The highest BCUT2D eigenvalue weighted by molar-refractivity contribution is 5.42. The molecule has 0 bridgehead atoms. The van der Waals surface area contributed by atoms with Gasteiger partial charge < -0.3 is 9.47 Å². The van der Waals surface area contributed by atoms with E-state index >= 15 is 0 Å². The topological polar surface area (TPSA) is 18.5 Å². The summed E-state index contributed by atoms with van der Waals surface area (Å²) in [5.41, 5.74) is 1.80. The number of hydrogen-bond acceptors (Lipinski definition) is 2. The maximum Gasteiger partial charge on any atom is 0.204 e. The Hall–Kier alpha value is -1.58. The number of ether oxygens (including phenoxy) is 2. The van der Waals surface area contributed by atoms with Crippen LogP contribution in [0.4, 0.5) is 8.78 Å². The number of halogens is 2. The maximum atomic E-state index is 14.7. The van der Waals surface area contributed by atoms with Crippen LogP contribution in [-0.2, 0) is 0 Å². The van der Waals surface area contributed by atoms with Crippen molar-refractivity contribution in [1.29, 1.82) is 0 Å². The highest BCUT2D eigenvalue weighted by Gasteiger charge is 2.28. The molecular formula is C28H40F2O2. The second-order valence-electron chi connectivity index (χ2n) is 10.5. The fraction of sp³-hybridized carbons (Fsp3) is 0.714. The normalized spacial score (nSPS) is 26.8. The van der Waals surface area contributed by atoms with Gasteiger partial charge in [-0.3, -0.25) is 0 Å². The Morgan fingerprint density at radius 3 is 2.28 bits per heavy atom. The van der Waals surface area contributed by atoms with E-state index in [9.17, 15) is 8.78 Å². The third-order valence-corrected chi connectivity index (χ3v) is 8.35.